The fraction of sp³-hybridized carbons (Fsp3) is 0.0769. The highest BCUT2D eigenvalue weighted by atomic mass is 16.5. The van der Waals surface area contributed by atoms with Crippen molar-refractivity contribution in [3.63, 3.8) is 0 Å². The molecule has 0 unspecified atom stereocenters. The predicted molar refractivity (Wildman–Crippen MR) is 64.7 cm³/mol. The summed E-state index contributed by atoms with van der Waals surface area (Å²) in [6.45, 7) is 0. The number of rotatable bonds is 2. The van der Waals surface area contributed by atoms with E-state index in [1.807, 2.05) is 36.5 Å². The van der Waals surface area contributed by atoms with Gasteiger partial charge in [0.1, 0.15) is 11.3 Å². The second kappa shape index (κ2) is 3.90. The van der Waals surface area contributed by atoms with Gasteiger partial charge in [-0.25, -0.2) is 9.97 Å². The number of nitrogens with one attached hydrogen (secondary N) is 1. The van der Waals surface area contributed by atoms with E-state index in [-0.39, 0.29) is 0 Å². The molecule has 0 spiro atoms. The number of benzene rings is 1. The molecule has 0 bridgehead atoms. The summed E-state index contributed by atoms with van der Waals surface area (Å²) in [7, 11) is 1.65. The average molecular weight is 224 g/mol. The van der Waals surface area contributed by atoms with Crippen LogP contribution < -0.4 is 4.74 Å². The number of hydrogen-bond donors (Lipinski definition) is 1. The third kappa shape index (κ3) is 1.73. The Balaban J connectivity index is 2.06. The maximum absolute atomic E-state index is 5.12. The average Bonchev–Trinajstić information content (AvgIpc) is 2.86. The lowest BCUT2D eigenvalue weighted by atomic mass is 10.1. The topological polar surface area (TPSA) is 50.8 Å². The quantitative estimate of drug-likeness (QED) is 0.727. The highest BCUT2D eigenvalue weighted by Gasteiger charge is 2.02. The smallest absolute Gasteiger partial charge is 0.175 e. The molecule has 3 aromatic rings. The first kappa shape index (κ1) is 9.84. The molecular formula is C13H10N3O. The Morgan fingerprint density at radius 2 is 2.00 bits per heavy atom. The molecule has 0 saturated heterocycles. The monoisotopic (exact) mass is 224 g/mol. The van der Waals surface area contributed by atoms with Crippen molar-refractivity contribution in [1.29, 1.82) is 0 Å². The van der Waals surface area contributed by atoms with E-state index >= 15 is 0 Å². The molecule has 1 radical (unpaired) electrons. The number of H-pyrrole nitrogens is 1. The van der Waals surface area contributed by atoms with Gasteiger partial charge in [-0.3, -0.25) is 0 Å². The van der Waals surface area contributed by atoms with Crippen molar-refractivity contribution >= 4 is 11.2 Å². The molecule has 0 aliphatic heterocycles. The largest absolute Gasteiger partial charge is 0.497 e. The van der Waals surface area contributed by atoms with Crippen LogP contribution in [0.3, 0.4) is 0 Å². The van der Waals surface area contributed by atoms with E-state index in [1.165, 1.54) is 0 Å². The van der Waals surface area contributed by atoms with E-state index in [2.05, 4.69) is 21.3 Å². The van der Waals surface area contributed by atoms with Gasteiger partial charge in [-0.2, -0.15) is 0 Å². The van der Waals surface area contributed by atoms with Crippen molar-refractivity contribution in [2.24, 2.45) is 0 Å². The van der Waals surface area contributed by atoms with E-state index in [9.17, 15) is 0 Å². The minimum atomic E-state index is 0.752. The predicted octanol–water partition coefficient (Wildman–Crippen LogP) is 2.43. The van der Waals surface area contributed by atoms with Crippen LogP contribution in [0.1, 0.15) is 0 Å². The molecule has 0 saturated carbocycles. The molecule has 4 heteroatoms. The van der Waals surface area contributed by atoms with Gasteiger partial charge in [0.2, 0.25) is 0 Å². The second-order valence-corrected chi connectivity index (χ2v) is 3.67. The number of aromatic nitrogens is 3. The van der Waals surface area contributed by atoms with Crippen LogP contribution in [0.25, 0.3) is 22.3 Å². The van der Waals surface area contributed by atoms with Crippen LogP contribution >= 0.6 is 0 Å². The number of methoxy groups -OCH3 is 1. The van der Waals surface area contributed by atoms with Gasteiger partial charge in [0.25, 0.3) is 0 Å². The Morgan fingerprint density at radius 3 is 2.76 bits per heavy atom. The van der Waals surface area contributed by atoms with Gasteiger partial charge < -0.3 is 9.72 Å². The van der Waals surface area contributed by atoms with Crippen molar-refractivity contribution in [3.05, 3.63) is 42.9 Å². The van der Waals surface area contributed by atoms with Crippen molar-refractivity contribution in [2.45, 2.75) is 0 Å². The summed E-state index contributed by atoms with van der Waals surface area (Å²) in [6, 6.07) is 9.83. The summed E-state index contributed by atoms with van der Waals surface area (Å²) in [5.41, 5.74) is 3.68. The zero-order chi connectivity index (χ0) is 11.7. The van der Waals surface area contributed by atoms with Crippen LogP contribution in [-0.2, 0) is 0 Å². The van der Waals surface area contributed by atoms with E-state index in [0.29, 0.717) is 0 Å². The lowest BCUT2D eigenvalue weighted by Crippen LogP contribution is -1.84. The van der Waals surface area contributed by atoms with Crippen molar-refractivity contribution < 1.29 is 4.74 Å². The van der Waals surface area contributed by atoms with Gasteiger partial charge in [0.05, 0.1) is 7.11 Å². The van der Waals surface area contributed by atoms with Crippen LogP contribution in [0.4, 0.5) is 0 Å². The van der Waals surface area contributed by atoms with Crippen LogP contribution in [0, 0.1) is 6.33 Å². The molecule has 2 heterocycles. The molecule has 83 valence electrons. The number of aromatic amines is 1. The second-order valence-electron chi connectivity index (χ2n) is 3.67. The SMILES string of the molecule is COc1ccc(-c2cnc3[nH][c]nc3c2)cc1. The molecule has 17 heavy (non-hydrogen) atoms. The van der Waals surface area contributed by atoms with Crippen LogP contribution in [0.5, 0.6) is 5.75 Å². The van der Waals surface area contributed by atoms with E-state index in [1.54, 1.807) is 7.11 Å². The Hall–Kier alpha value is -2.36. The van der Waals surface area contributed by atoms with Gasteiger partial charge >= 0.3 is 0 Å². The molecular weight excluding hydrogens is 214 g/mol. The minimum Gasteiger partial charge on any atom is -0.497 e. The number of hydrogen-bond acceptors (Lipinski definition) is 3. The first-order chi connectivity index (χ1) is 8.36. The van der Waals surface area contributed by atoms with Gasteiger partial charge in [-0.15, -0.1) is 0 Å². The fourth-order valence-electron chi connectivity index (χ4n) is 1.72. The minimum absolute atomic E-state index is 0.752. The van der Waals surface area contributed by atoms with Gasteiger partial charge in [-0.1, -0.05) is 12.1 Å². The summed E-state index contributed by atoms with van der Waals surface area (Å²) in [5.74, 6) is 0.843. The maximum atomic E-state index is 5.12. The van der Waals surface area contributed by atoms with Crippen molar-refractivity contribution in [2.75, 3.05) is 7.11 Å². The molecule has 0 aliphatic carbocycles. The van der Waals surface area contributed by atoms with Crippen molar-refractivity contribution in [1.82, 2.24) is 15.0 Å². The standard InChI is InChI=1S/C13H10N3O/c1-17-11-4-2-9(3-5-11)10-6-12-13(14-7-10)16-8-15-12/h2-7H,1H3,(H,14,15,16). The summed E-state index contributed by atoms with van der Waals surface area (Å²) in [5, 5.41) is 0. The Labute approximate surface area is 98.3 Å². The Bertz CT molecular complexity index is 643. The molecule has 1 aromatic carbocycles. The molecule has 3 rings (SSSR count). The number of nitrogens with zero attached hydrogens (tertiary/aromatic N) is 2. The third-order valence-electron chi connectivity index (χ3n) is 2.64. The third-order valence-corrected chi connectivity index (χ3v) is 2.64. The molecule has 0 aliphatic rings. The number of imidazole rings is 1. The Morgan fingerprint density at radius 1 is 1.18 bits per heavy atom. The summed E-state index contributed by atoms with van der Waals surface area (Å²) in [6.07, 6.45) is 4.49. The maximum Gasteiger partial charge on any atom is 0.175 e. The van der Waals surface area contributed by atoms with Crippen molar-refractivity contribution in [3.8, 4) is 16.9 Å². The molecule has 1 N–H and O–H groups in total. The highest BCUT2D eigenvalue weighted by Crippen LogP contribution is 2.23. The number of pyridine rings is 1. The van der Waals surface area contributed by atoms with Crippen LogP contribution in [-0.4, -0.2) is 22.1 Å². The zero-order valence-electron chi connectivity index (χ0n) is 9.27. The molecule has 0 fully saturated rings. The first-order valence-electron chi connectivity index (χ1n) is 5.23. The molecule has 0 amide bonds. The number of fused-ring (bicyclic) bond motifs is 1. The normalized spacial score (nSPS) is 10.6. The lowest BCUT2D eigenvalue weighted by molar-refractivity contribution is 0.415. The fourth-order valence-corrected chi connectivity index (χ4v) is 1.72. The molecule has 2 aromatic heterocycles. The Kier molecular flexibility index (Phi) is 2.26. The summed E-state index contributed by atoms with van der Waals surface area (Å²) < 4.78 is 5.12. The van der Waals surface area contributed by atoms with Crippen LogP contribution in [0.2, 0.25) is 0 Å². The highest BCUT2D eigenvalue weighted by molar-refractivity contribution is 5.77. The lowest BCUT2D eigenvalue weighted by Gasteiger charge is -2.03. The molecule has 4 nitrogen and oxygen atoms in total. The molecule has 0 atom stereocenters. The van der Waals surface area contributed by atoms with E-state index < -0.39 is 0 Å². The summed E-state index contributed by atoms with van der Waals surface area (Å²) in [4.78, 5) is 11.2. The van der Waals surface area contributed by atoms with Gasteiger partial charge in [-0.05, 0) is 23.8 Å². The number of ether oxygens (including phenoxy) is 1. The van der Waals surface area contributed by atoms with Gasteiger partial charge in [0.15, 0.2) is 12.0 Å². The first-order valence-corrected chi connectivity index (χ1v) is 5.23. The zero-order valence-corrected chi connectivity index (χ0v) is 9.27. The van der Waals surface area contributed by atoms with Crippen LogP contribution in [0.15, 0.2) is 36.5 Å². The van der Waals surface area contributed by atoms with E-state index in [0.717, 1.165) is 28.0 Å². The van der Waals surface area contributed by atoms with E-state index in [4.69, 9.17) is 4.74 Å². The van der Waals surface area contributed by atoms with Gasteiger partial charge in [0, 0.05) is 11.8 Å². The summed E-state index contributed by atoms with van der Waals surface area (Å²) >= 11 is 0.